The Morgan fingerprint density at radius 2 is 1.82 bits per heavy atom. The summed E-state index contributed by atoms with van der Waals surface area (Å²) in [5, 5.41) is 0. The second-order valence-electron chi connectivity index (χ2n) is 4.99. The third-order valence-electron chi connectivity index (χ3n) is 3.36. The van der Waals surface area contributed by atoms with Gasteiger partial charge in [-0.1, -0.05) is 42.5 Å². The molecule has 2 aromatic carbocycles. The Bertz CT molecular complexity index is 732. The Morgan fingerprint density at radius 3 is 2.50 bits per heavy atom. The first kappa shape index (κ1) is 14.2. The summed E-state index contributed by atoms with van der Waals surface area (Å²) in [5.41, 5.74) is 3.04. The number of nitrogens with zero attached hydrogens (tertiary/aromatic N) is 3. The van der Waals surface area contributed by atoms with Crippen LogP contribution in [0.25, 0.3) is 0 Å². The van der Waals surface area contributed by atoms with Gasteiger partial charge in [0.05, 0.1) is 25.1 Å². The van der Waals surface area contributed by atoms with Gasteiger partial charge in [-0.15, -0.1) is 0 Å². The van der Waals surface area contributed by atoms with Crippen LogP contribution in [0.15, 0.2) is 78.3 Å². The quantitative estimate of drug-likeness (QED) is 0.660. The van der Waals surface area contributed by atoms with Crippen molar-refractivity contribution < 1.29 is 4.39 Å². The molecule has 22 heavy (non-hydrogen) atoms. The lowest BCUT2D eigenvalue weighted by atomic mass is 10.1. The monoisotopic (exact) mass is 293 g/mol. The standard InChI is InChI=1S/C18H16FN3/c19-17-8-6-15(7-9-17)12-21-18(13-22-11-10-20-14-22)16-4-2-1-3-5-16/h1-11,14H,12-13H2. The van der Waals surface area contributed by atoms with E-state index in [1.807, 2.05) is 41.1 Å². The molecule has 0 spiro atoms. The molecule has 0 aliphatic heterocycles. The predicted octanol–water partition coefficient (Wildman–Crippen LogP) is 3.71. The number of rotatable bonds is 5. The number of hydrogen-bond donors (Lipinski definition) is 0. The normalized spacial score (nSPS) is 11.6. The van der Waals surface area contributed by atoms with Gasteiger partial charge < -0.3 is 4.57 Å². The summed E-state index contributed by atoms with van der Waals surface area (Å²) < 4.78 is 14.9. The number of imidazole rings is 1. The van der Waals surface area contributed by atoms with Crippen LogP contribution in [0.2, 0.25) is 0 Å². The van der Waals surface area contributed by atoms with E-state index in [1.165, 1.54) is 12.1 Å². The van der Waals surface area contributed by atoms with Gasteiger partial charge in [0.25, 0.3) is 0 Å². The van der Waals surface area contributed by atoms with Gasteiger partial charge in [-0.25, -0.2) is 9.37 Å². The van der Waals surface area contributed by atoms with Crippen LogP contribution in [0.5, 0.6) is 0 Å². The maximum absolute atomic E-state index is 13.0. The minimum Gasteiger partial charge on any atom is -0.331 e. The Hall–Kier alpha value is -2.75. The molecule has 110 valence electrons. The highest BCUT2D eigenvalue weighted by Crippen LogP contribution is 2.08. The molecule has 3 nitrogen and oxygen atoms in total. The van der Waals surface area contributed by atoms with Crippen molar-refractivity contribution >= 4 is 5.71 Å². The van der Waals surface area contributed by atoms with Crippen LogP contribution in [0.3, 0.4) is 0 Å². The summed E-state index contributed by atoms with van der Waals surface area (Å²) in [6.07, 6.45) is 5.44. The van der Waals surface area contributed by atoms with Crippen molar-refractivity contribution in [3.8, 4) is 0 Å². The minimum absolute atomic E-state index is 0.227. The summed E-state index contributed by atoms with van der Waals surface area (Å²) in [4.78, 5) is 8.78. The zero-order valence-corrected chi connectivity index (χ0v) is 12.1. The van der Waals surface area contributed by atoms with Gasteiger partial charge >= 0.3 is 0 Å². The van der Waals surface area contributed by atoms with Crippen molar-refractivity contribution in [3.63, 3.8) is 0 Å². The van der Waals surface area contributed by atoms with E-state index in [9.17, 15) is 4.39 Å². The topological polar surface area (TPSA) is 30.2 Å². The highest BCUT2D eigenvalue weighted by Gasteiger charge is 2.04. The van der Waals surface area contributed by atoms with Crippen molar-refractivity contribution in [1.82, 2.24) is 9.55 Å². The molecule has 0 radical (unpaired) electrons. The first-order valence-electron chi connectivity index (χ1n) is 7.10. The van der Waals surface area contributed by atoms with Crippen LogP contribution in [-0.4, -0.2) is 15.3 Å². The molecule has 0 atom stereocenters. The third kappa shape index (κ3) is 3.67. The molecule has 0 saturated carbocycles. The van der Waals surface area contributed by atoms with Gasteiger partial charge in [-0.05, 0) is 23.3 Å². The average molecular weight is 293 g/mol. The van der Waals surface area contributed by atoms with Gasteiger partial charge in [-0.2, -0.15) is 0 Å². The molecule has 0 bridgehead atoms. The lowest BCUT2D eigenvalue weighted by Gasteiger charge is -2.08. The highest BCUT2D eigenvalue weighted by atomic mass is 19.1. The van der Waals surface area contributed by atoms with Crippen LogP contribution in [0, 0.1) is 5.82 Å². The fraction of sp³-hybridized carbons (Fsp3) is 0.111. The van der Waals surface area contributed by atoms with E-state index in [4.69, 9.17) is 4.99 Å². The number of aliphatic imine (C=N–C) groups is 1. The molecule has 3 rings (SSSR count). The molecular formula is C18H16FN3. The second kappa shape index (κ2) is 6.80. The van der Waals surface area contributed by atoms with E-state index >= 15 is 0 Å². The SMILES string of the molecule is Fc1ccc(CN=C(Cn2ccnc2)c2ccccc2)cc1. The Morgan fingerprint density at radius 1 is 1.05 bits per heavy atom. The Kier molecular flexibility index (Phi) is 4.39. The number of benzene rings is 2. The maximum atomic E-state index is 13.0. The summed E-state index contributed by atoms with van der Waals surface area (Å²) in [5.74, 6) is -0.227. The third-order valence-corrected chi connectivity index (χ3v) is 3.36. The summed E-state index contributed by atoms with van der Waals surface area (Å²) in [6, 6.07) is 16.5. The molecule has 1 heterocycles. The molecule has 0 unspecified atom stereocenters. The Labute approximate surface area is 128 Å². The van der Waals surface area contributed by atoms with Crippen molar-refractivity contribution in [2.45, 2.75) is 13.1 Å². The molecule has 0 saturated heterocycles. The van der Waals surface area contributed by atoms with Crippen LogP contribution in [-0.2, 0) is 13.1 Å². The van der Waals surface area contributed by atoms with Crippen LogP contribution in [0.1, 0.15) is 11.1 Å². The lowest BCUT2D eigenvalue weighted by Crippen LogP contribution is -2.11. The predicted molar refractivity (Wildman–Crippen MR) is 85.3 cm³/mol. The average Bonchev–Trinajstić information content (AvgIpc) is 3.07. The van der Waals surface area contributed by atoms with E-state index in [1.54, 1.807) is 24.7 Å². The number of aromatic nitrogens is 2. The van der Waals surface area contributed by atoms with Crippen LogP contribution < -0.4 is 0 Å². The Balaban J connectivity index is 1.84. The summed E-state index contributed by atoms with van der Waals surface area (Å²) in [6.45, 7) is 1.18. The van der Waals surface area contributed by atoms with Crippen molar-refractivity contribution in [3.05, 3.63) is 90.3 Å². The molecule has 1 aromatic heterocycles. The van der Waals surface area contributed by atoms with E-state index in [2.05, 4.69) is 4.98 Å². The van der Waals surface area contributed by atoms with Gasteiger partial charge in [0.1, 0.15) is 5.82 Å². The van der Waals surface area contributed by atoms with E-state index in [0.29, 0.717) is 13.1 Å². The van der Waals surface area contributed by atoms with Gasteiger partial charge in [0.2, 0.25) is 0 Å². The summed E-state index contributed by atoms with van der Waals surface area (Å²) in [7, 11) is 0. The van der Waals surface area contributed by atoms with Crippen molar-refractivity contribution in [2.24, 2.45) is 4.99 Å². The molecular weight excluding hydrogens is 277 g/mol. The first-order chi connectivity index (χ1) is 10.8. The smallest absolute Gasteiger partial charge is 0.123 e. The maximum Gasteiger partial charge on any atom is 0.123 e. The first-order valence-corrected chi connectivity index (χ1v) is 7.10. The molecule has 0 fully saturated rings. The van der Waals surface area contributed by atoms with Crippen molar-refractivity contribution in [1.29, 1.82) is 0 Å². The van der Waals surface area contributed by atoms with E-state index in [0.717, 1.165) is 16.8 Å². The largest absolute Gasteiger partial charge is 0.331 e. The fourth-order valence-corrected chi connectivity index (χ4v) is 2.19. The fourth-order valence-electron chi connectivity index (χ4n) is 2.19. The van der Waals surface area contributed by atoms with E-state index < -0.39 is 0 Å². The van der Waals surface area contributed by atoms with Gasteiger partial charge in [-0.3, -0.25) is 4.99 Å². The number of hydrogen-bond acceptors (Lipinski definition) is 2. The van der Waals surface area contributed by atoms with Crippen LogP contribution in [0.4, 0.5) is 4.39 Å². The molecule has 3 aromatic rings. The number of halogens is 1. The molecule has 0 amide bonds. The molecule has 0 aliphatic carbocycles. The van der Waals surface area contributed by atoms with Crippen LogP contribution >= 0.6 is 0 Å². The zero-order valence-electron chi connectivity index (χ0n) is 12.1. The molecule has 0 aliphatic rings. The highest BCUT2D eigenvalue weighted by molar-refractivity contribution is 6.00. The minimum atomic E-state index is -0.227. The molecule has 0 N–H and O–H groups in total. The lowest BCUT2D eigenvalue weighted by molar-refractivity contribution is 0.627. The zero-order chi connectivity index (χ0) is 15.2. The van der Waals surface area contributed by atoms with Gasteiger partial charge in [0.15, 0.2) is 0 Å². The van der Waals surface area contributed by atoms with Gasteiger partial charge in [0, 0.05) is 12.4 Å². The molecule has 4 heteroatoms. The van der Waals surface area contributed by atoms with E-state index in [-0.39, 0.29) is 5.82 Å². The summed E-state index contributed by atoms with van der Waals surface area (Å²) >= 11 is 0. The second-order valence-corrected chi connectivity index (χ2v) is 4.99. The van der Waals surface area contributed by atoms with Crippen molar-refractivity contribution in [2.75, 3.05) is 0 Å².